The second-order valence-electron chi connectivity index (χ2n) is 2.71. The number of carbonyl (C=O) groups is 1. The molecule has 0 bridgehead atoms. The number of hydrogen-bond acceptors (Lipinski definition) is 3. The molecule has 88 valence electrons. The molecule has 1 rings (SSSR count). The lowest BCUT2D eigenvalue weighted by molar-refractivity contribution is 0.0524. The summed E-state index contributed by atoms with van der Waals surface area (Å²) in [6.07, 6.45) is -1.72. The third kappa shape index (κ3) is 2.68. The highest BCUT2D eigenvalue weighted by Crippen LogP contribution is 2.34. The van der Waals surface area contributed by atoms with Crippen LogP contribution in [0.3, 0.4) is 0 Å². The Labute approximate surface area is 104 Å². The molecule has 0 radical (unpaired) electrons. The maximum atomic E-state index is 12.6. The van der Waals surface area contributed by atoms with E-state index in [1.54, 1.807) is 6.92 Å². The van der Waals surface area contributed by atoms with Gasteiger partial charge in [0.2, 0.25) is 0 Å². The molecule has 0 saturated heterocycles. The molecule has 0 saturated carbocycles. The van der Waals surface area contributed by atoms with E-state index < -0.39 is 18.0 Å². The quantitative estimate of drug-likeness (QED) is 0.632. The third-order valence-corrected chi connectivity index (χ3v) is 2.87. The van der Waals surface area contributed by atoms with Crippen LogP contribution in [-0.4, -0.2) is 17.6 Å². The van der Waals surface area contributed by atoms with Gasteiger partial charge in [0.1, 0.15) is 5.15 Å². The molecule has 0 aromatic carbocycles. The van der Waals surface area contributed by atoms with Gasteiger partial charge in [-0.05, 0) is 22.9 Å². The van der Waals surface area contributed by atoms with Crippen molar-refractivity contribution in [3.63, 3.8) is 0 Å². The molecule has 3 nitrogen and oxygen atoms in total. The summed E-state index contributed by atoms with van der Waals surface area (Å²) in [5.41, 5.74) is -0.575. The Bertz CT molecular complexity index is 415. The zero-order valence-electron chi connectivity index (χ0n) is 8.14. The predicted molar refractivity (Wildman–Crippen MR) is 57.9 cm³/mol. The van der Waals surface area contributed by atoms with Crippen LogP contribution in [0.4, 0.5) is 8.78 Å². The van der Waals surface area contributed by atoms with E-state index in [-0.39, 0.29) is 21.8 Å². The van der Waals surface area contributed by atoms with Crippen molar-refractivity contribution >= 4 is 33.5 Å². The maximum Gasteiger partial charge on any atom is 0.340 e. The first-order valence-electron chi connectivity index (χ1n) is 4.28. The van der Waals surface area contributed by atoms with Gasteiger partial charge in [0, 0.05) is 10.7 Å². The van der Waals surface area contributed by atoms with Gasteiger partial charge in [-0.1, -0.05) is 11.6 Å². The SMILES string of the molecule is CCOC(=O)c1cnc(Cl)c(C(F)F)c1Br. The standard InChI is InChI=1S/C9H7BrClF2NO2/c1-2-16-9(15)4-3-14-7(11)5(6(4)10)8(12)13/h3,8H,2H2,1H3. The number of rotatable bonds is 3. The average Bonchev–Trinajstić information content (AvgIpc) is 2.17. The van der Waals surface area contributed by atoms with Crippen LogP contribution in [0, 0.1) is 0 Å². The van der Waals surface area contributed by atoms with Crippen molar-refractivity contribution in [1.29, 1.82) is 0 Å². The van der Waals surface area contributed by atoms with Crippen molar-refractivity contribution in [3.8, 4) is 0 Å². The Kier molecular flexibility index (Phi) is 4.61. The van der Waals surface area contributed by atoms with E-state index in [9.17, 15) is 13.6 Å². The summed E-state index contributed by atoms with van der Waals surface area (Å²) in [5, 5.41) is -0.338. The van der Waals surface area contributed by atoms with Crippen LogP contribution in [0.15, 0.2) is 10.7 Å². The second-order valence-corrected chi connectivity index (χ2v) is 3.86. The van der Waals surface area contributed by atoms with Crippen LogP contribution in [0.2, 0.25) is 5.15 Å². The van der Waals surface area contributed by atoms with E-state index in [4.69, 9.17) is 11.6 Å². The van der Waals surface area contributed by atoms with Gasteiger partial charge in [-0.3, -0.25) is 0 Å². The molecular formula is C9H7BrClF2NO2. The van der Waals surface area contributed by atoms with Crippen LogP contribution in [0.1, 0.15) is 29.3 Å². The van der Waals surface area contributed by atoms with Crippen molar-refractivity contribution in [2.45, 2.75) is 13.3 Å². The van der Waals surface area contributed by atoms with E-state index in [2.05, 4.69) is 25.7 Å². The summed E-state index contributed by atoms with van der Waals surface area (Å²) in [4.78, 5) is 14.9. The van der Waals surface area contributed by atoms with Gasteiger partial charge in [0.05, 0.1) is 17.7 Å². The number of halogens is 4. The summed E-state index contributed by atoms with van der Waals surface area (Å²) in [5.74, 6) is -0.722. The molecule has 0 aliphatic rings. The molecule has 0 N–H and O–H groups in total. The summed E-state index contributed by atoms with van der Waals surface area (Å²) in [6, 6.07) is 0. The van der Waals surface area contributed by atoms with Gasteiger partial charge < -0.3 is 4.74 Å². The fourth-order valence-corrected chi connectivity index (χ4v) is 1.99. The Balaban J connectivity index is 3.23. The third-order valence-electron chi connectivity index (χ3n) is 1.72. The molecule has 0 amide bonds. The zero-order chi connectivity index (χ0) is 12.3. The second kappa shape index (κ2) is 5.54. The van der Waals surface area contributed by atoms with Crippen molar-refractivity contribution in [2.24, 2.45) is 0 Å². The molecule has 0 aliphatic heterocycles. The van der Waals surface area contributed by atoms with E-state index >= 15 is 0 Å². The summed E-state index contributed by atoms with van der Waals surface area (Å²) in [7, 11) is 0. The van der Waals surface area contributed by atoms with Crippen LogP contribution in [-0.2, 0) is 4.74 Å². The van der Waals surface area contributed by atoms with Gasteiger partial charge in [0.25, 0.3) is 6.43 Å². The smallest absolute Gasteiger partial charge is 0.340 e. The minimum atomic E-state index is -2.82. The van der Waals surface area contributed by atoms with Crippen LogP contribution < -0.4 is 0 Å². The molecule has 0 spiro atoms. The fraction of sp³-hybridized carbons (Fsp3) is 0.333. The Morgan fingerprint density at radius 2 is 2.31 bits per heavy atom. The van der Waals surface area contributed by atoms with Crippen LogP contribution in [0.25, 0.3) is 0 Å². The highest BCUT2D eigenvalue weighted by atomic mass is 79.9. The van der Waals surface area contributed by atoms with Crippen molar-refractivity contribution in [3.05, 3.63) is 26.9 Å². The summed E-state index contributed by atoms with van der Waals surface area (Å²) >= 11 is 8.40. The normalized spacial score (nSPS) is 10.6. The molecule has 16 heavy (non-hydrogen) atoms. The fourth-order valence-electron chi connectivity index (χ4n) is 1.02. The molecule has 7 heteroatoms. The molecule has 0 atom stereocenters. The van der Waals surface area contributed by atoms with Crippen LogP contribution >= 0.6 is 27.5 Å². The lowest BCUT2D eigenvalue weighted by Gasteiger charge is -2.09. The average molecular weight is 315 g/mol. The first kappa shape index (κ1) is 13.3. The molecule has 1 heterocycles. The Morgan fingerprint density at radius 1 is 1.69 bits per heavy atom. The molecule has 0 fully saturated rings. The molecule has 1 aromatic heterocycles. The monoisotopic (exact) mass is 313 g/mol. The molecule has 1 aromatic rings. The molecule has 0 aliphatic carbocycles. The predicted octanol–water partition coefficient (Wildman–Crippen LogP) is 3.61. The first-order valence-corrected chi connectivity index (χ1v) is 5.45. The van der Waals surface area contributed by atoms with Gasteiger partial charge in [-0.25, -0.2) is 18.6 Å². The van der Waals surface area contributed by atoms with Crippen LogP contribution in [0.5, 0.6) is 0 Å². The lowest BCUT2D eigenvalue weighted by Crippen LogP contribution is -2.08. The summed E-state index contributed by atoms with van der Waals surface area (Å²) in [6.45, 7) is 1.76. The topological polar surface area (TPSA) is 39.2 Å². The largest absolute Gasteiger partial charge is 0.462 e. The molecular weight excluding hydrogens is 307 g/mol. The van der Waals surface area contributed by atoms with Crippen molar-refractivity contribution in [2.75, 3.05) is 6.61 Å². The summed E-state index contributed by atoms with van der Waals surface area (Å²) < 4.78 is 29.8. The van der Waals surface area contributed by atoms with Gasteiger partial charge >= 0.3 is 5.97 Å². The number of pyridine rings is 1. The number of aromatic nitrogens is 1. The highest BCUT2D eigenvalue weighted by molar-refractivity contribution is 9.10. The van der Waals surface area contributed by atoms with Gasteiger partial charge in [-0.15, -0.1) is 0 Å². The van der Waals surface area contributed by atoms with E-state index in [1.165, 1.54) is 0 Å². The highest BCUT2D eigenvalue weighted by Gasteiger charge is 2.23. The van der Waals surface area contributed by atoms with E-state index in [0.29, 0.717) is 0 Å². The Hall–Kier alpha value is -0.750. The Morgan fingerprint density at radius 3 is 2.81 bits per heavy atom. The number of hydrogen-bond donors (Lipinski definition) is 0. The number of nitrogens with zero attached hydrogens (tertiary/aromatic N) is 1. The van der Waals surface area contributed by atoms with Crippen molar-refractivity contribution < 1.29 is 18.3 Å². The van der Waals surface area contributed by atoms with Gasteiger partial charge in [0.15, 0.2) is 0 Å². The minimum Gasteiger partial charge on any atom is -0.462 e. The first-order chi connectivity index (χ1) is 7.49. The number of alkyl halides is 2. The zero-order valence-corrected chi connectivity index (χ0v) is 10.5. The number of esters is 1. The van der Waals surface area contributed by atoms with Gasteiger partial charge in [-0.2, -0.15) is 0 Å². The number of ether oxygens (including phenoxy) is 1. The minimum absolute atomic E-state index is 0.0680. The van der Waals surface area contributed by atoms with Crippen molar-refractivity contribution in [1.82, 2.24) is 4.98 Å². The van der Waals surface area contributed by atoms with E-state index in [0.717, 1.165) is 6.20 Å². The lowest BCUT2D eigenvalue weighted by atomic mass is 10.2. The van der Waals surface area contributed by atoms with E-state index in [1.807, 2.05) is 0 Å². The maximum absolute atomic E-state index is 12.6. The molecule has 0 unspecified atom stereocenters. The number of carbonyl (C=O) groups excluding carboxylic acids is 1.